The lowest BCUT2D eigenvalue weighted by Gasteiger charge is -2.41. The number of anilines is 1. The van der Waals surface area contributed by atoms with Gasteiger partial charge >= 0.3 is 0 Å². The van der Waals surface area contributed by atoms with E-state index >= 15 is 0 Å². The summed E-state index contributed by atoms with van der Waals surface area (Å²) < 4.78 is 8.02. The van der Waals surface area contributed by atoms with Crippen LogP contribution in [0.4, 0.5) is 5.95 Å². The highest BCUT2D eigenvalue weighted by atomic mass is 16.5. The van der Waals surface area contributed by atoms with E-state index in [9.17, 15) is 0 Å². The van der Waals surface area contributed by atoms with Gasteiger partial charge in [-0.05, 0) is 20.8 Å². The second-order valence-corrected chi connectivity index (χ2v) is 6.32. The van der Waals surface area contributed by atoms with Crippen molar-refractivity contribution >= 4 is 5.95 Å². The molecule has 0 spiro atoms. The Morgan fingerprint density at radius 3 is 2.57 bits per heavy atom. The molecule has 0 saturated carbocycles. The van der Waals surface area contributed by atoms with Crippen molar-refractivity contribution in [2.45, 2.75) is 32.5 Å². The van der Waals surface area contributed by atoms with E-state index in [1.807, 2.05) is 25.2 Å². The molecule has 0 unspecified atom stereocenters. The highest BCUT2D eigenvalue weighted by molar-refractivity contribution is 5.57. The Labute approximate surface area is 125 Å². The van der Waals surface area contributed by atoms with E-state index in [0.717, 1.165) is 30.4 Å². The lowest BCUT2D eigenvalue weighted by Crippen LogP contribution is -2.52. The highest BCUT2D eigenvalue weighted by Gasteiger charge is 2.33. The Morgan fingerprint density at radius 2 is 1.90 bits per heavy atom. The summed E-state index contributed by atoms with van der Waals surface area (Å²) in [6.45, 7) is 7.99. The molecule has 0 N–H and O–H groups in total. The maximum absolute atomic E-state index is 5.96. The number of hydrogen-bond donors (Lipinski definition) is 0. The van der Waals surface area contributed by atoms with E-state index < -0.39 is 0 Å². The Hall–Kier alpha value is -1.88. The largest absolute Gasteiger partial charge is 0.369 e. The van der Waals surface area contributed by atoms with Gasteiger partial charge in [-0.25, -0.2) is 0 Å². The summed E-state index contributed by atoms with van der Waals surface area (Å²) >= 11 is 0. The van der Waals surface area contributed by atoms with Gasteiger partial charge in [0.2, 0.25) is 5.95 Å². The van der Waals surface area contributed by atoms with E-state index in [-0.39, 0.29) is 11.7 Å². The van der Waals surface area contributed by atoms with Crippen molar-refractivity contribution in [2.24, 2.45) is 7.05 Å². The summed E-state index contributed by atoms with van der Waals surface area (Å²) in [5, 5.41) is 8.76. The van der Waals surface area contributed by atoms with Crippen LogP contribution in [0.15, 0.2) is 30.3 Å². The number of nitrogens with zero attached hydrogens (tertiary/aromatic N) is 4. The van der Waals surface area contributed by atoms with Crippen LogP contribution in [-0.2, 0) is 11.8 Å². The minimum Gasteiger partial charge on any atom is -0.369 e. The van der Waals surface area contributed by atoms with Gasteiger partial charge in [-0.3, -0.25) is 4.57 Å². The summed E-state index contributed by atoms with van der Waals surface area (Å²) in [5.41, 5.74) is 0.913. The third-order valence-electron chi connectivity index (χ3n) is 3.74. The second kappa shape index (κ2) is 5.15. The van der Waals surface area contributed by atoms with Gasteiger partial charge in [0.1, 0.15) is 0 Å². The van der Waals surface area contributed by atoms with Gasteiger partial charge in [-0.15, -0.1) is 10.2 Å². The number of rotatable bonds is 2. The molecule has 0 radical (unpaired) electrons. The van der Waals surface area contributed by atoms with Crippen LogP contribution in [0.5, 0.6) is 0 Å². The Balaban J connectivity index is 1.92. The van der Waals surface area contributed by atoms with Crippen molar-refractivity contribution in [2.75, 3.05) is 18.0 Å². The molecule has 1 aromatic carbocycles. The number of ether oxygens (including phenoxy) is 1. The maximum atomic E-state index is 5.96. The minimum atomic E-state index is -0.170. The van der Waals surface area contributed by atoms with Crippen molar-refractivity contribution < 1.29 is 4.74 Å². The molecule has 2 aromatic rings. The summed E-state index contributed by atoms with van der Waals surface area (Å²) in [4.78, 5) is 2.26. The number of aromatic nitrogens is 3. The first-order valence-corrected chi connectivity index (χ1v) is 7.34. The Kier molecular flexibility index (Phi) is 3.45. The normalized spacial score (nSPS) is 21.5. The predicted octanol–water partition coefficient (Wildman–Crippen LogP) is 2.49. The van der Waals surface area contributed by atoms with Crippen LogP contribution in [0.2, 0.25) is 0 Å². The molecular weight excluding hydrogens is 264 g/mol. The van der Waals surface area contributed by atoms with E-state index in [1.54, 1.807) is 0 Å². The topological polar surface area (TPSA) is 43.2 Å². The van der Waals surface area contributed by atoms with Gasteiger partial charge in [0.05, 0.1) is 11.7 Å². The van der Waals surface area contributed by atoms with Crippen molar-refractivity contribution in [3.8, 4) is 11.4 Å². The molecule has 1 saturated heterocycles. The van der Waals surface area contributed by atoms with Crippen molar-refractivity contribution in [3.05, 3.63) is 30.3 Å². The average Bonchev–Trinajstić information content (AvgIpc) is 2.79. The third kappa shape index (κ3) is 2.78. The lowest BCUT2D eigenvalue weighted by atomic mass is 10.1. The molecule has 0 amide bonds. The van der Waals surface area contributed by atoms with E-state index in [0.29, 0.717) is 0 Å². The monoisotopic (exact) mass is 286 g/mol. The van der Waals surface area contributed by atoms with Crippen LogP contribution in [0.25, 0.3) is 11.4 Å². The van der Waals surface area contributed by atoms with Gasteiger partial charge in [0, 0.05) is 25.7 Å². The molecule has 1 aliphatic rings. The molecular formula is C16H22N4O. The molecule has 21 heavy (non-hydrogen) atoms. The predicted molar refractivity (Wildman–Crippen MR) is 83.3 cm³/mol. The van der Waals surface area contributed by atoms with Crippen LogP contribution in [0.3, 0.4) is 0 Å². The van der Waals surface area contributed by atoms with Crippen LogP contribution in [-0.4, -0.2) is 39.6 Å². The number of morpholine rings is 1. The maximum Gasteiger partial charge on any atom is 0.227 e. The summed E-state index contributed by atoms with van der Waals surface area (Å²) in [5.74, 6) is 1.79. The Morgan fingerprint density at radius 1 is 1.19 bits per heavy atom. The van der Waals surface area contributed by atoms with Crippen LogP contribution in [0, 0.1) is 0 Å². The number of hydrogen-bond acceptors (Lipinski definition) is 4. The standard InChI is InChI=1S/C16H22N4O/c1-12-10-20(11-16(2,3)21-12)15-18-17-14(19(15)4)13-8-6-5-7-9-13/h5-9,12H,10-11H2,1-4H3/t12-/m0/s1. The molecule has 5 nitrogen and oxygen atoms in total. The smallest absolute Gasteiger partial charge is 0.227 e. The molecule has 5 heteroatoms. The Bertz CT molecular complexity index is 620. The van der Waals surface area contributed by atoms with E-state index in [4.69, 9.17) is 4.74 Å². The van der Waals surface area contributed by atoms with Crippen LogP contribution < -0.4 is 4.90 Å². The van der Waals surface area contributed by atoms with E-state index in [2.05, 4.69) is 52.6 Å². The average molecular weight is 286 g/mol. The van der Waals surface area contributed by atoms with Gasteiger partial charge in [-0.1, -0.05) is 30.3 Å². The fourth-order valence-corrected chi connectivity index (χ4v) is 3.04. The molecule has 1 atom stereocenters. The van der Waals surface area contributed by atoms with E-state index in [1.165, 1.54) is 0 Å². The molecule has 1 aromatic heterocycles. The first-order valence-electron chi connectivity index (χ1n) is 7.34. The van der Waals surface area contributed by atoms with Gasteiger partial charge < -0.3 is 9.64 Å². The minimum absolute atomic E-state index is 0.170. The molecule has 112 valence electrons. The quantitative estimate of drug-likeness (QED) is 0.850. The lowest BCUT2D eigenvalue weighted by molar-refractivity contribution is -0.0754. The second-order valence-electron chi connectivity index (χ2n) is 6.32. The first kappa shape index (κ1) is 14.1. The molecule has 2 heterocycles. The van der Waals surface area contributed by atoms with Crippen LogP contribution in [0.1, 0.15) is 20.8 Å². The first-order chi connectivity index (χ1) is 9.96. The van der Waals surface area contributed by atoms with Gasteiger partial charge in [0.25, 0.3) is 0 Å². The van der Waals surface area contributed by atoms with Crippen molar-refractivity contribution in [1.29, 1.82) is 0 Å². The molecule has 0 bridgehead atoms. The molecule has 1 aliphatic heterocycles. The zero-order chi connectivity index (χ0) is 15.0. The summed E-state index contributed by atoms with van der Waals surface area (Å²) in [6.07, 6.45) is 0.186. The number of benzene rings is 1. The fourth-order valence-electron chi connectivity index (χ4n) is 3.04. The zero-order valence-corrected chi connectivity index (χ0v) is 13.1. The van der Waals surface area contributed by atoms with Gasteiger partial charge in [-0.2, -0.15) is 0 Å². The molecule has 3 rings (SSSR count). The third-order valence-corrected chi connectivity index (χ3v) is 3.74. The summed E-state index contributed by atoms with van der Waals surface area (Å²) in [6, 6.07) is 10.2. The highest BCUT2D eigenvalue weighted by Crippen LogP contribution is 2.27. The fraction of sp³-hybridized carbons (Fsp3) is 0.500. The zero-order valence-electron chi connectivity index (χ0n) is 13.1. The molecule has 0 aliphatic carbocycles. The van der Waals surface area contributed by atoms with Gasteiger partial charge in [0.15, 0.2) is 5.82 Å². The SMILES string of the molecule is C[C@H]1CN(c2nnc(-c3ccccc3)n2C)CC(C)(C)O1. The summed E-state index contributed by atoms with van der Waals surface area (Å²) in [7, 11) is 2.02. The molecule has 1 fully saturated rings. The van der Waals surface area contributed by atoms with Crippen molar-refractivity contribution in [1.82, 2.24) is 14.8 Å². The van der Waals surface area contributed by atoms with Crippen molar-refractivity contribution in [3.63, 3.8) is 0 Å². The van der Waals surface area contributed by atoms with Crippen LogP contribution >= 0.6 is 0 Å².